The van der Waals surface area contributed by atoms with E-state index in [1.54, 1.807) is 36.4 Å². The quantitative estimate of drug-likeness (QED) is 0.737. The molecule has 0 saturated heterocycles. The Morgan fingerprint density at radius 2 is 1.67 bits per heavy atom. The summed E-state index contributed by atoms with van der Waals surface area (Å²) < 4.78 is 41.1. The lowest BCUT2D eigenvalue weighted by Gasteiger charge is -2.24. The van der Waals surface area contributed by atoms with E-state index in [0.717, 1.165) is 10.6 Å². The Labute approximate surface area is 158 Å². The van der Waals surface area contributed by atoms with E-state index in [-0.39, 0.29) is 5.69 Å². The standard InChI is InChI=1S/C18H22N2O6S/c1-24-14-7-5-6-13(10-14)19-18(21)12-20(27(4,22)23)16-11-15(25-2)8-9-17(16)26-3/h5-11H,12H2,1-4H3,(H,19,21). The van der Waals surface area contributed by atoms with Gasteiger partial charge in [0.25, 0.3) is 0 Å². The zero-order chi connectivity index (χ0) is 20.0. The van der Waals surface area contributed by atoms with Crippen molar-refractivity contribution in [3.05, 3.63) is 42.5 Å². The van der Waals surface area contributed by atoms with Crippen LogP contribution in [0.4, 0.5) is 11.4 Å². The van der Waals surface area contributed by atoms with E-state index in [0.29, 0.717) is 22.9 Å². The minimum absolute atomic E-state index is 0.208. The number of carbonyl (C=O) groups excluding carboxylic acids is 1. The van der Waals surface area contributed by atoms with Crippen LogP contribution in [0.1, 0.15) is 0 Å². The number of methoxy groups -OCH3 is 3. The summed E-state index contributed by atoms with van der Waals surface area (Å²) in [5.74, 6) is 0.795. The third kappa shape index (κ3) is 5.27. The average molecular weight is 394 g/mol. The molecule has 0 aliphatic heterocycles. The molecule has 2 aromatic rings. The number of anilines is 2. The monoisotopic (exact) mass is 394 g/mol. The number of rotatable bonds is 8. The van der Waals surface area contributed by atoms with Crippen LogP contribution in [-0.2, 0) is 14.8 Å². The van der Waals surface area contributed by atoms with Gasteiger partial charge < -0.3 is 19.5 Å². The second-order valence-corrected chi connectivity index (χ2v) is 7.49. The van der Waals surface area contributed by atoms with Gasteiger partial charge in [0.05, 0.1) is 33.3 Å². The fourth-order valence-electron chi connectivity index (χ4n) is 2.40. The van der Waals surface area contributed by atoms with Crippen LogP contribution in [0, 0.1) is 0 Å². The molecular weight excluding hydrogens is 372 g/mol. The van der Waals surface area contributed by atoms with Crippen molar-refractivity contribution in [3.63, 3.8) is 0 Å². The van der Waals surface area contributed by atoms with Gasteiger partial charge in [-0.15, -0.1) is 0 Å². The van der Waals surface area contributed by atoms with E-state index < -0.39 is 22.5 Å². The molecule has 0 heterocycles. The minimum atomic E-state index is -3.76. The summed E-state index contributed by atoms with van der Waals surface area (Å²) in [5, 5.41) is 2.66. The molecule has 0 aromatic heterocycles. The summed E-state index contributed by atoms with van der Waals surface area (Å²) in [5.41, 5.74) is 0.700. The lowest BCUT2D eigenvalue weighted by molar-refractivity contribution is -0.114. The van der Waals surface area contributed by atoms with Crippen molar-refractivity contribution in [2.45, 2.75) is 0 Å². The fraction of sp³-hybridized carbons (Fsp3) is 0.278. The molecule has 0 saturated carbocycles. The van der Waals surface area contributed by atoms with Crippen molar-refractivity contribution in [2.24, 2.45) is 0 Å². The Morgan fingerprint density at radius 3 is 2.26 bits per heavy atom. The predicted molar refractivity (Wildman–Crippen MR) is 103 cm³/mol. The summed E-state index contributed by atoms with van der Waals surface area (Å²) in [7, 11) is 0.635. The van der Waals surface area contributed by atoms with Gasteiger partial charge in [-0.1, -0.05) is 6.07 Å². The molecule has 1 N–H and O–H groups in total. The maximum absolute atomic E-state index is 12.5. The largest absolute Gasteiger partial charge is 0.497 e. The van der Waals surface area contributed by atoms with Crippen molar-refractivity contribution in [1.82, 2.24) is 0 Å². The van der Waals surface area contributed by atoms with E-state index in [1.807, 2.05) is 0 Å². The smallest absolute Gasteiger partial charge is 0.245 e. The van der Waals surface area contributed by atoms with Crippen LogP contribution in [0.2, 0.25) is 0 Å². The van der Waals surface area contributed by atoms with Gasteiger partial charge in [0.2, 0.25) is 15.9 Å². The minimum Gasteiger partial charge on any atom is -0.497 e. The van der Waals surface area contributed by atoms with E-state index >= 15 is 0 Å². The van der Waals surface area contributed by atoms with Gasteiger partial charge in [-0.3, -0.25) is 9.10 Å². The molecule has 0 unspecified atom stereocenters. The Balaban J connectivity index is 2.31. The van der Waals surface area contributed by atoms with Crippen molar-refractivity contribution in [2.75, 3.05) is 43.8 Å². The van der Waals surface area contributed by atoms with Crippen LogP contribution in [0.25, 0.3) is 0 Å². The number of nitrogens with one attached hydrogen (secondary N) is 1. The maximum Gasteiger partial charge on any atom is 0.245 e. The van der Waals surface area contributed by atoms with Gasteiger partial charge in [0, 0.05) is 17.8 Å². The first-order chi connectivity index (χ1) is 12.8. The van der Waals surface area contributed by atoms with Crippen LogP contribution < -0.4 is 23.8 Å². The van der Waals surface area contributed by atoms with Crippen LogP contribution in [0.5, 0.6) is 17.2 Å². The van der Waals surface area contributed by atoms with Gasteiger partial charge in [0.15, 0.2) is 0 Å². The van der Waals surface area contributed by atoms with Gasteiger partial charge in [-0.05, 0) is 24.3 Å². The van der Waals surface area contributed by atoms with Crippen LogP contribution in [-0.4, -0.2) is 48.5 Å². The summed E-state index contributed by atoms with van der Waals surface area (Å²) in [4.78, 5) is 12.5. The van der Waals surface area contributed by atoms with Crippen LogP contribution >= 0.6 is 0 Å². The first kappa shape index (κ1) is 20.4. The molecule has 9 heteroatoms. The Morgan fingerprint density at radius 1 is 1.00 bits per heavy atom. The normalized spacial score (nSPS) is 10.8. The van der Waals surface area contributed by atoms with Gasteiger partial charge in [-0.2, -0.15) is 0 Å². The Kier molecular flexibility index (Phi) is 6.51. The van der Waals surface area contributed by atoms with Crippen LogP contribution in [0.15, 0.2) is 42.5 Å². The molecule has 0 atom stereocenters. The molecule has 1 amide bonds. The van der Waals surface area contributed by atoms with Gasteiger partial charge in [-0.25, -0.2) is 8.42 Å². The summed E-state index contributed by atoms with van der Waals surface area (Å²) >= 11 is 0. The van der Waals surface area contributed by atoms with E-state index in [9.17, 15) is 13.2 Å². The Hall–Kier alpha value is -2.94. The summed E-state index contributed by atoms with van der Waals surface area (Å²) in [6.45, 7) is -0.431. The number of benzene rings is 2. The number of hydrogen-bond donors (Lipinski definition) is 1. The molecule has 146 valence electrons. The average Bonchev–Trinajstić information content (AvgIpc) is 2.64. The molecule has 0 radical (unpaired) electrons. The topological polar surface area (TPSA) is 94.2 Å². The van der Waals surface area contributed by atoms with E-state index in [4.69, 9.17) is 14.2 Å². The summed E-state index contributed by atoms with van der Waals surface area (Å²) in [6, 6.07) is 11.5. The highest BCUT2D eigenvalue weighted by Gasteiger charge is 2.24. The highest BCUT2D eigenvalue weighted by Crippen LogP contribution is 2.33. The predicted octanol–water partition coefficient (Wildman–Crippen LogP) is 2.12. The molecule has 0 spiro atoms. The number of carbonyl (C=O) groups is 1. The number of nitrogens with zero attached hydrogens (tertiary/aromatic N) is 1. The molecular formula is C18H22N2O6S. The Bertz CT molecular complexity index is 914. The SMILES string of the molecule is COc1cccc(NC(=O)CN(c2cc(OC)ccc2OC)S(C)(=O)=O)c1. The number of ether oxygens (including phenoxy) is 3. The molecule has 2 rings (SSSR count). The zero-order valence-electron chi connectivity index (χ0n) is 15.6. The molecule has 0 aliphatic rings. The van der Waals surface area contributed by atoms with E-state index in [2.05, 4.69) is 5.32 Å². The lowest BCUT2D eigenvalue weighted by atomic mass is 10.2. The number of sulfonamides is 1. The molecule has 27 heavy (non-hydrogen) atoms. The molecule has 8 nitrogen and oxygen atoms in total. The second kappa shape index (κ2) is 8.63. The molecule has 0 fully saturated rings. The highest BCUT2D eigenvalue weighted by atomic mass is 32.2. The van der Waals surface area contributed by atoms with Crippen molar-refractivity contribution >= 4 is 27.3 Å². The zero-order valence-corrected chi connectivity index (χ0v) is 16.4. The molecule has 2 aromatic carbocycles. The van der Waals surface area contributed by atoms with Gasteiger partial charge in [0.1, 0.15) is 23.8 Å². The third-order valence-corrected chi connectivity index (χ3v) is 4.82. The second-order valence-electron chi connectivity index (χ2n) is 5.59. The van der Waals surface area contributed by atoms with Crippen LogP contribution in [0.3, 0.4) is 0 Å². The highest BCUT2D eigenvalue weighted by molar-refractivity contribution is 7.92. The first-order valence-electron chi connectivity index (χ1n) is 7.92. The number of hydrogen-bond acceptors (Lipinski definition) is 6. The number of amides is 1. The van der Waals surface area contributed by atoms with Crippen molar-refractivity contribution in [3.8, 4) is 17.2 Å². The van der Waals surface area contributed by atoms with Gasteiger partial charge >= 0.3 is 0 Å². The lowest BCUT2D eigenvalue weighted by Crippen LogP contribution is -2.37. The molecule has 0 bridgehead atoms. The van der Waals surface area contributed by atoms with E-state index in [1.165, 1.54) is 27.4 Å². The van der Waals surface area contributed by atoms with Crippen molar-refractivity contribution in [1.29, 1.82) is 0 Å². The van der Waals surface area contributed by atoms with Crippen molar-refractivity contribution < 1.29 is 27.4 Å². The molecule has 0 aliphatic carbocycles. The fourth-order valence-corrected chi connectivity index (χ4v) is 3.26. The maximum atomic E-state index is 12.5. The first-order valence-corrected chi connectivity index (χ1v) is 9.77. The third-order valence-electron chi connectivity index (χ3n) is 3.70. The summed E-state index contributed by atoms with van der Waals surface area (Å²) in [6.07, 6.45) is 1.02.